The zero-order valence-electron chi connectivity index (χ0n) is 21.7. The molecule has 212 valence electrons. The Hall–Kier alpha value is -3.12. The minimum atomic E-state index is -4.54. The molecule has 2 rings (SSSR count). The number of ether oxygens (including phenoxy) is 1. The highest BCUT2D eigenvalue weighted by molar-refractivity contribution is 5.90. The first-order valence-electron chi connectivity index (χ1n) is 11.7. The molecule has 0 amide bonds. The summed E-state index contributed by atoms with van der Waals surface area (Å²) in [6.07, 6.45) is -9.03. The summed E-state index contributed by atoms with van der Waals surface area (Å²) in [7, 11) is 0. The summed E-state index contributed by atoms with van der Waals surface area (Å²) in [6, 6.07) is 6.36. The maximum absolute atomic E-state index is 12.8. The smallest absolute Gasteiger partial charge is 0.416 e. The minimum Gasteiger partial charge on any atom is -0.478 e. The van der Waals surface area contributed by atoms with Crippen LogP contribution in [0, 0.1) is 0 Å². The van der Waals surface area contributed by atoms with Gasteiger partial charge in [-0.2, -0.15) is 26.3 Å². The molecule has 6 nitrogen and oxygen atoms in total. The van der Waals surface area contributed by atoms with Crippen molar-refractivity contribution < 1.29 is 45.8 Å². The average Bonchev–Trinajstić information content (AvgIpc) is 2.80. The molecule has 0 heterocycles. The number of carboxylic acids is 1. The summed E-state index contributed by atoms with van der Waals surface area (Å²) >= 11 is 0. The van der Waals surface area contributed by atoms with Gasteiger partial charge in [0, 0.05) is 25.2 Å². The van der Waals surface area contributed by atoms with Crippen molar-refractivity contribution in [3.05, 3.63) is 69.8 Å². The molecule has 0 saturated heterocycles. The van der Waals surface area contributed by atoms with E-state index in [1.165, 1.54) is 12.1 Å². The average molecular weight is 551 g/mol. The zero-order chi connectivity index (χ0) is 29.3. The number of alkyl halides is 6. The number of aromatic carboxylic acids is 1. The van der Waals surface area contributed by atoms with Gasteiger partial charge in [-0.25, -0.2) is 9.59 Å². The highest BCUT2D eigenvalue weighted by Crippen LogP contribution is 2.32. The van der Waals surface area contributed by atoms with Crippen LogP contribution >= 0.6 is 0 Å². The second-order valence-electron chi connectivity index (χ2n) is 8.93. The molecule has 0 atom stereocenters. The summed E-state index contributed by atoms with van der Waals surface area (Å²) in [5.41, 5.74) is -1.52. The van der Waals surface area contributed by atoms with Gasteiger partial charge in [0.05, 0.1) is 28.9 Å². The highest BCUT2D eigenvalue weighted by atomic mass is 19.4. The second kappa shape index (κ2) is 14.1. The van der Waals surface area contributed by atoms with Gasteiger partial charge in [0.2, 0.25) is 0 Å². The number of carboxylic acid groups (broad SMARTS) is 1. The van der Waals surface area contributed by atoms with Crippen LogP contribution in [0.2, 0.25) is 0 Å². The number of carbonyl (C=O) groups excluding carboxylic acids is 1. The van der Waals surface area contributed by atoms with Crippen molar-refractivity contribution in [2.45, 2.75) is 72.1 Å². The third-order valence-corrected chi connectivity index (χ3v) is 4.83. The van der Waals surface area contributed by atoms with Crippen LogP contribution < -0.4 is 10.6 Å². The Bertz CT molecular complexity index is 1080. The van der Waals surface area contributed by atoms with E-state index in [4.69, 9.17) is 9.84 Å². The first-order valence-corrected chi connectivity index (χ1v) is 11.7. The maximum Gasteiger partial charge on any atom is 0.416 e. The molecular formula is C26H32F6N2O4. The SMILES string of the molecule is CC(C)NCc1cc(C(=O)O)cc(C(F)(F)F)c1.CCOC(=O)c1cc(CNC(C)C)cc(C(F)(F)F)c1. The van der Waals surface area contributed by atoms with Crippen molar-refractivity contribution in [1.82, 2.24) is 10.6 Å². The van der Waals surface area contributed by atoms with Crippen molar-refractivity contribution in [3.8, 4) is 0 Å². The molecule has 3 N–H and O–H groups in total. The summed E-state index contributed by atoms with van der Waals surface area (Å²) in [6.45, 7) is 9.66. The van der Waals surface area contributed by atoms with Crippen molar-refractivity contribution in [2.24, 2.45) is 0 Å². The lowest BCUT2D eigenvalue weighted by Crippen LogP contribution is -2.22. The van der Waals surface area contributed by atoms with Crippen molar-refractivity contribution >= 4 is 11.9 Å². The fourth-order valence-corrected chi connectivity index (χ4v) is 3.02. The molecule has 0 aliphatic carbocycles. The molecule has 2 aromatic carbocycles. The van der Waals surface area contributed by atoms with Gasteiger partial charge in [-0.15, -0.1) is 0 Å². The van der Waals surface area contributed by atoms with Gasteiger partial charge >= 0.3 is 24.3 Å². The molecule has 12 heteroatoms. The molecule has 0 aliphatic rings. The van der Waals surface area contributed by atoms with Crippen LogP contribution in [-0.4, -0.2) is 35.7 Å². The maximum atomic E-state index is 12.8. The Morgan fingerprint density at radius 1 is 0.763 bits per heavy atom. The van der Waals surface area contributed by atoms with E-state index in [1.807, 2.05) is 27.7 Å². The molecule has 2 aromatic rings. The van der Waals surface area contributed by atoms with Crippen molar-refractivity contribution in [2.75, 3.05) is 6.61 Å². The number of halogens is 6. The zero-order valence-corrected chi connectivity index (χ0v) is 21.7. The standard InChI is InChI=1S/C14H18F3NO2.C12H14F3NO2/c1-4-20-13(19)11-5-10(8-18-9(2)3)6-12(7-11)14(15,16)17;1-7(2)16-6-8-3-9(11(17)18)5-10(4-8)12(13,14)15/h5-7,9,18H,4,8H2,1-3H3;3-5,7,16H,6H2,1-2H3,(H,17,18). The van der Waals surface area contributed by atoms with Gasteiger partial charge in [0.1, 0.15) is 0 Å². The van der Waals surface area contributed by atoms with E-state index in [-0.39, 0.29) is 42.9 Å². The number of hydrogen-bond donors (Lipinski definition) is 3. The van der Waals surface area contributed by atoms with Crippen LogP contribution in [0.3, 0.4) is 0 Å². The Morgan fingerprint density at radius 3 is 1.50 bits per heavy atom. The van der Waals surface area contributed by atoms with E-state index in [0.29, 0.717) is 17.2 Å². The van der Waals surface area contributed by atoms with E-state index in [9.17, 15) is 35.9 Å². The number of benzene rings is 2. The number of carbonyl (C=O) groups is 2. The first-order chi connectivity index (χ1) is 17.4. The lowest BCUT2D eigenvalue weighted by atomic mass is 10.0. The van der Waals surface area contributed by atoms with Crippen molar-refractivity contribution in [1.29, 1.82) is 0 Å². The van der Waals surface area contributed by atoms with Gasteiger partial charge < -0.3 is 20.5 Å². The Morgan fingerprint density at radius 2 is 1.16 bits per heavy atom. The summed E-state index contributed by atoms with van der Waals surface area (Å²) in [5, 5.41) is 14.8. The Balaban J connectivity index is 0.000000382. The Kier molecular flexibility index (Phi) is 12.3. The van der Waals surface area contributed by atoms with Crippen LogP contribution in [0.4, 0.5) is 26.3 Å². The normalized spacial score (nSPS) is 11.8. The van der Waals surface area contributed by atoms with E-state index < -0.39 is 35.4 Å². The number of esters is 1. The van der Waals surface area contributed by atoms with Crippen LogP contribution in [0.5, 0.6) is 0 Å². The quantitative estimate of drug-likeness (QED) is 0.252. The van der Waals surface area contributed by atoms with Gasteiger partial charge in [0.15, 0.2) is 0 Å². The molecule has 0 radical (unpaired) electrons. The van der Waals surface area contributed by atoms with Crippen LogP contribution in [-0.2, 0) is 30.2 Å². The molecule has 0 aliphatic heterocycles. The number of nitrogens with one attached hydrogen (secondary N) is 2. The molecule has 38 heavy (non-hydrogen) atoms. The van der Waals surface area contributed by atoms with Gasteiger partial charge in [0.25, 0.3) is 0 Å². The molecule has 0 fully saturated rings. The first kappa shape index (κ1) is 32.9. The van der Waals surface area contributed by atoms with Gasteiger partial charge in [-0.1, -0.05) is 27.7 Å². The van der Waals surface area contributed by atoms with E-state index in [1.54, 1.807) is 6.92 Å². The predicted octanol–water partition coefficient (Wildman–Crippen LogP) is 6.28. The molecular weight excluding hydrogens is 518 g/mol. The molecule has 0 bridgehead atoms. The van der Waals surface area contributed by atoms with Gasteiger partial charge in [-0.05, 0) is 54.4 Å². The summed E-state index contributed by atoms with van der Waals surface area (Å²) in [5.74, 6) is -2.11. The molecule has 0 aromatic heterocycles. The lowest BCUT2D eigenvalue weighted by molar-refractivity contribution is -0.138. The number of rotatable bonds is 9. The molecule has 0 unspecified atom stereocenters. The highest BCUT2D eigenvalue weighted by Gasteiger charge is 2.32. The third-order valence-electron chi connectivity index (χ3n) is 4.83. The third kappa shape index (κ3) is 11.5. The van der Waals surface area contributed by atoms with Crippen LogP contribution in [0.15, 0.2) is 36.4 Å². The lowest BCUT2D eigenvalue weighted by Gasteiger charge is -2.13. The summed E-state index contributed by atoms with van der Waals surface area (Å²) < 4.78 is 81.0. The van der Waals surface area contributed by atoms with Crippen LogP contribution in [0.1, 0.15) is 77.6 Å². The number of hydrogen-bond acceptors (Lipinski definition) is 5. The van der Waals surface area contributed by atoms with E-state index >= 15 is 0 Å². The minimum absolute atomic E-state index is 0.0813. The van der Waals surface area contributed by atoms with Gasteiger partial charge in [-0.3, -0.25) is 0 Å². The van der Waals surface area contributed by atoms with Crippen molar-refractivity contribution in [3.63, 3.8) is 0 Å². The second-order valence-corrected chi connectivity index (χ2v) is 8.93. The van der Waals surface area contributed by atoms with E-state index in [2.05, 4.69) is 10.6 Å². The monoisotopic (exact) mass is 550 g/mol. The Labute approximate surface area is 217 Å². The molecule has 0 saturated carbocycles. The largest absolute Gasteiger partial charge is 0.478 e. The predicted molar refractivity (Wildman–Crippen MR) is 130 cm³/mol. The fraction of sp³-hybridized carbons (Fsp3) is 0.462. The van der Waals surface area contributed by atoms with Crippen LogP contribution in [0.25, 0.3) is 0 Å². The molecule has 0 spiro atoms. The summed E-state index contributed by atoms with van der Waals surface area (Å²) in [4.78, 5) is 22.4. The van der Waals surface area contributed by atoms with E-state index in [0.717, 1.165) is 18.2 Å². The topological polar surface area (TPSA) is 87.7 Å². The fourth-order valence-electron chi connectivity index (χ4n) is 3.02.